The number of halogens is 1. The van der Waals surface area contributed by atoms with Crippen LogP contribution in [-0.2, 0) is 0 Å². The first kappa shape index (κ1) is 10.3. The molecule has 1 rings (SSSR count). The average molecular weight is 246 g/mol. The van der Waals surface area contributed by atoms with Gasteiger partial charge in [0.25, 0.3) is 0 Å². The van der Waals surface area contributed by atoms with Gasteiger partial charge >= 0.3 is 0 Å². The predicted molar refractivity (Wildman–Crippen MR) is 55.0 cm³/mol. The number of hydrogen-bond acceptors (Lipinski definition) is 3. The van der Waals surface area contributed by atoms with Gasteiger partial charge in [0, 0.05) is 6.04 Å². The first-order valence-corrected chi connectivity index (χ1v) is 4.67. The van der Waals surface area contributed by atoms with Gasteiger partial charge in [-0.1, -0.05) is 0 Å². The second-order valence-corrected chi connectivity index (χ2v) is 3.70. The van der Waals surface area contributed by atoms with Crippen molar-refractivity contribution in [3.8, 4) is 11.5 Å². The minimum atomic E-state index is -0.0780. The highest BCUT2D eigenvalue weighted by Gasteiger charge is 2.10. The van der Waals surface area contributed by atoms with Crippen molar-refractivity contribution >= 4 is 15.9 Å². The number of nitrogens with two attached hydrogens (primary N) is 1. The fraction of sp³-hybridized carbons (Fsp3) is 0.333. The lowest BCUT2D eigenvalue weighted by Gasteiger charge is -2.10. The van der Waals surface area contributed by atoms with E-state index in [0.29, 0.717) is 10.2 Å². The van der Waals surface area contributed by atoms with Crippen LogP contribution in [-0.4, -0.2) is 12.2 Å². The molecule has 0 aliphatic heterocycles. The largest absolute Gasteiger partial charge is 0.503 e. The Bertz CT molecular complexity index is 313. The second-order valence-electron chi connectivity index (χ2n) is 2.84. The van der Waals surface area contributed by atoms with Gasteiger partial charge in [0.2, 0.25) is 0 Å². The Balaban J connectivity index is 3.22. The summed E-state index contributed by atoms with van der Waals surface area (Å²) in [6.07, 6.45) is 0. The van der Waals surface area contributed by atoms with Crippen LogP contribution < -0.4 is 10.5 Å². The van der Waals surface area contributed by atoms with Crippen LogP contribution in [0.15, 0.2) is 16.6 Å². The molecule has 0 fully saturated rings. The molecule has 13 heavy (non-hydrogen) atoms. The van der Waals surface area contributed by atoms with Crippen LogP contribution in [0.3, 0.4) is 0 Å². The Hall–Kier alpha value is -0.740. The Morgan fingerprint density at radius 3 is 2.62 bits per heavy atom. The summed E-state index contributed by atoms with van der Waals surface area (Å²) in [5.41, 5.74) is 6.62. The third-order valence-corrected chi connectivity index (χ3v) is 2.40. The van der Waals surface area contributed by atoms with Gasteiger partial charge in [-0.05, 0) is 40.5 Å². The van der Waals surface area contributed by atoms with Gasteiger partial charge in [-0.25, -0.2) is 0 Å². The second kappa shape index (κ2) is 3.98. The molecule has 0 aliphatic carbocycles. The van der Waals surface area contributed by atoms with Crippen molar-refractivity contribution < 1.29 is 9.84 Å². The number of phenolic OH excluding ortho intramolecular Hbond substituents is 1. The van der Waals surface area contributed by atoms with Crippen molar-refractivity contribution in [3.05, 3.63) is 22.2 Å². The summed E-state index contributed by atoms with van der Waals surface area (Å²) >= 11 is 3.22. The number of ether oxygens (including phenoxy) is 1. The molecule has 0 spiro atoms. The smallest absolute Gasteiger partial charge is 0.172 e. The van der Waals surface area contributed by atoms with E-state index in [9.17, 15) is 5.11 Å². The Labute approximate surface area is 85.6 Å². The quantitative estimate of drug-likeness (QED) is 0.840. The number of phenols is 1. The van der Waals surface area contributed by atoms with Crippen LogP contribution in [0.2, 0.25) is 0 Å². The van der Waals surface area contributed by atoms with Crippen LogP contribution in [0.5, 0.6) is 11.5 Å². The molecule has 0 bridgehead atoms. The lowest BCUT2D eigenvalue weighted by molar-refractivity contribution is 0.371. The van der Waals surface area contributed by atoms with Crippen LogP contribution in [0.25, 0.3) is 0 Å². The normalized spacial score (nSPS) is 12.6. The average Bonchev–Trinajstić information content (AvgIpc) is 2.09. The van der Waals surface area contributed by atoms with Crippen molar-refractivity contribution in [2.75, 3.05) is 7.11 Å². The maximum atomic E-state index is 9.49. The third kappa shape index (κ3) is 2.14. The summed E-state index contributed by atoms with van der Waals surface area (Å²) in [5, 5.41) is 9.49. The highest BCUT2D eigenvalue weighted by Crippen LogP contribution is 2.36. The van der Waals surface area contributed by atoms with E-state index in [1.807, 2.05) is 6.92 Å². The maximum Gasteiger partial charge on any atom is 0.172 e. The van der Waals surface area contributed by atoms with E-state index in [-0.39, 0.29) is 11.8 Å². The Morgan fingerprint density at radius 1 is 1.54 bits per heavy atom. The van der Waals surface area contributed by atoms with Gasteiger partial charge in [-0.2, -0.15) is 0 Å². The summed E-state index contributed by atoms with van der Waals surface area (Å²) in [4.78, 5) is 0. The monoisotopic (exact) mass is 245 g/mol. The number of hydrogen-bond donors (Lipinski definition) is 2. The van der Waals surface area contributed by atoms with Gasteiger partial charge in [0.1, 0.15) is 0 Å². The minimum Gasteiger partial charge on any atom is -0.503 e. The molecule has 0 heterocycles. The topological polar surface area (TPSA) is 55.5 Å². The van der Waals surface area contributed by atoms with Gasteiger partial charge < -0.3 is 15.6 Å². The highest BCUT2D eigenvalue weighted by atomic mass is 79.9. The SMILES string of the molecule is COc1cc([C@H](C)N)cc(Br)c1O. The first-order chi connectivity index (χ1) is 6.06. The molecule has 4 heteroatoms. The zero-order valence-corrected chi connectivity index (χ0v) is 9.13. The van der Waals surface area contributed by atoms with Gasteiger partial charge in [-0.15, -0.1) is 0 Å². The molecule has 0 aliphatic rings. The molecule has 3 N–H and O–H groups in total. The van der Waals surface area contributed by atoms with Crippen molar-refractivity contribution in [2.24, 2.45) is 5.73 Å². The zero-order valence-electron chi connectivity index (χ0n) is 7.54. The van der Waals surface area contributed by atoms with E-state index in [0.717, 1.165) is 5.56 Å². The summed E-state index contributed by atoms with van der Waals surface area (Å²) < 4.78 is 5.58. The summed E-state index contributed by atoms with van der Waals surface area (Å²) in [6, 6.07) is 3.43. The van der Waals surface area contributed by atoms with E-state index < -0.39 is 0 Å². The number of methoxy groups -OCH3 is 1. The molecule has 0 radical (unpaired) electrons. The molecule has 72 valence electrons. The lowest BCUT2D eigenvalue weighted by Crippen LogP contribution is -2.05. The van der Waals surface area contributed by atoms with E-state index in [2.05, 4.69) is 15.9 Å². The first-order valence-electron chi connectivity index (χ1n) is 3.88. The van der Waals surface area contributed by atoms with Crippen LogP contribution in [0, 0.1) is 0 Å². The molecule has 0 saturated heterocycles. The number of benzene rings is 1. The van der Waals surface area contributed by atoms with E-state index in [4.69, 9.17) is 10.5 Å². The summed E-state index contributed by atoms with van der Waals surface area (Å²) in [6.45, 7) is 1.87. The summed E-state index contributed by atoms with van der Waals surface area (Å²) in [5.74, 6) is 0.536. The molecule has 3 nitrogen and oxygen atoms in total. The fourth-order valence-corrected chi connectivity index (χ4v) is 1.47. The van der Waals surface area contributed by atoms with E-state index in [1.165, 1.54) is 7.11 Å². The molecular weight excluding hydrogens is 234 g/mol. The van der Waals surface area contributed by atoms with Crippen LogP contribution in [0.1, 0.15) is 18.5 Å². The predicted octanol–water partition coefficient (Wildman–Crippen LogP) is 2.18. The molecule has 1 atom stereocenters. The van der Waals surface area contributed by atoms with Crippen molar-refractivity contribution in [2.45, 2.75) is 13.0 Å². The minimum absolute atomic E-state index is 0.0780. The van der Waals surface area contributed by atoms with Crippen molar-refractivity contribution in [3.63, 3.8) is 0 Å². The van der Waals surface area contributed by atoms with Gasteiger partial charge in [0.05, 0.1) is 11.6 Å². The van der Waals surface area contributed by atoms with Crippen LogP contribution >= 0.6 is 15.9 Å². The molecule has 1 aromatic carbocycles. The highest BCUT2D eigenvalue weighted by molar-refractivity contribution is 9.10. The zero-order chi connectivity index (χ0) is 10.0. The summed E-state index contributed by atoms with van der Waals surface area (Å²) in [7, 11) is 1.51. The van der Waals surface area contributed by atoms with Crippen LogP contribution in [0.4, 0.5) is 0 Å². The van der Waals surface area contributed by atoms with Gasteiger partial charge in [0.15, 0.2) is 11.5 Å². The standard InChI is InChI=1S/C9H12BrNO2/c1-5(11)6-3-7(10)9(12)8(4-6)13-2/h3-5,12H,11H2,1-2H3/t5-/m0/s1. The molecular formula is C9H12BrNO2. The molecule has 0 aromatic heterocycles. The van der Waals surface area contributed by atoms with E-state index >= 15 is 0 Å². The van der Waals surface area contributed by atoms with Crippen molar-refractivity contribution in [1.82, 2.24) is 0 Å². The molecule has 0 amide bonds. The maximum absolute atomic E-state index is 9.49. The number of aromatic hydroxyl groups is 1. The number of rotatable bonds is 2. The third-order valence-electron chi connectivity index (χ3n) is 1.80. The fourth-order valence-electron chi connectivity index (χ4n) is 1.01. The van der Waals surface area contributed by atoms with Gasteiger partial charge in [-0.3, -0.25) is 0 Å². The molecule has 0 unspecified atom stereocenters. The Morgan fingerprint density at radius 2 is 2.15 bits per heavy atom. The van der Waals surface area contributed by atoms with Crippen molar-refractivity contribution in [1.29, 1.82) is 0 Å². The lowest BCUT2D eigenvalue weighted by atomic mass is 10.1. The van der Waals surface area contributed by atoms with E-state index in [1.54, 1.807) is 12.1 Å². The molecule has 0 saturated carbocycles. The molecule has 1 aromatic rings. The Kier molecular flexibility index (Phi) is 3.17.